The molecule has 0 bridgehead atoms. The van der Waals surface area contributed by atoms with Crippen molar-refractivity contribution >= 4 is 11.7 Å². The Morgan fingerprint density at radius 2 is 2.12 bits per heavy atom. The van der Waals surface area contributed by atoms with Gasteiger partial charge in [-0.15, -0.1) is 10.2 Å². The number of ketones is 1. The average Bonchev–Trinajstić information content (AvgIpc) is 3.25. The minimum absolute atomic E-state index is 0.0829. The third-order valence-corrected chi connectivity index (χ3v) is 4.42. The summed E-state index contributed by atoms with van der Waals surface area (Å²) in [5.74, 6) is -0.449. The van der Waals surface area contributed by atoms with E-state index in [-0.39, 0.29) is 11.6 Å². The smallest absolute Gasteiger partial charge is 0.295 e. The van der Waals surface area contributed by atoms with E-state index in [1.807, 2.05) is 20.8 Å². The van der Waals surface area contributed by atoms with Gasteiger partial charge in [0.1, 0.15) is 0 Å². The van der Waals surface area contributed by atoms with E-state index in [0.717, 1.165) is 19.3 Å². The third kappa shape index (κ3) is 3.75. The second kappa shape index (κ2) is 6.73. The largest absolute Gasteiger partial charge is 0.332 e. The number of likely N-dealkylation sites (tertiary alicyclic amines) is 1. The topological polar surface area (TPSA) is 110 Å². The standard InChI is InChI=1S/C16H23N7O2/c1-16(2,3)23-10-11(9-17-23)14(24)15(25)22-7-5-4-6-12(22)8-13-18-20-21-19-13/h9-10,12H,4-8H2,1-3H3,(H,18,19,20,21). The van der Waals surface area contributed by atoms with E-state index < -0.39 is 11.7 Å². The molecule has 0 spiro atoms. The Morgan fingerprint density at radius 3 is 2.76 bits per heavy atom. The number of carbonyl (C=O) groups is 2. The van der Waals surface area contributed by atoms with E-state index in [4.69, 9.17) is 0 Å². The average molecular weight is 345 g/mol. The van der Waals surface area contributed by atoms with Crippen LogP contribution in [-0.2, 0) is 16.8 Å². The van der Waals surface area contributed by atoms with Gasteiger partial charge in [0.15, 0.2) is 5.82 Å². The van der Waals surface area contributed by atoms with Crippen molar-refractivity contribution in [2.45, 2.75) is 58.0 Å². The summed E-state index contributed by atoms with van der Waals surface area (Å²) >= 11 is 0. The number of Topliss-reactive ketones (excluding diaryl/α,β-unsaturated/α-hetero) is 1. The first kappa shape index (κ1) is 17.2. The lowest BCUT2D eigenvalue weighted by molar-refractivity contribution is -0.129. The van der Waals surface area contributed by atoms with Crippen LogP contribution in [0.25, 0.3) is 0 Å². The van der Waals surface area contributed by atoms with E-state index >= 15 is 0 Å². The molecule has 134 valence electrons. The van der Waals surface area contributed by atoms with Crippen molar-refractivity contribution in [1.29, 1.82) is 0 Å². The molecule has 3 heterocycles. The van der Waals surface area contributed by atoms with Crippen molar-refractivity contribution in [3.8, 4) is 0 Å². The summed E-state index contributed by atoms with van der Waals surface area (Å²) in [7, 11) is 0. The molecule has 25 heavy (non-hydrogen) atoms. The Labute approximate surface area is 145 Å². The molecule has 1 aliphatic heterocycles. The van der Waals surface area contributed by atoms with E-state index in [0.29, 0.717) is 24.4 Å². The maximum absolute atomic E-state index is 12.8. The second-order valence-corrected chi connectivity index (χ2v) is 7.35. The lowest BCUT2D eigenvalue weighted by atomic mass is 9.98. The zero-order valence-electron chi connectivity index (χ0n) is 14.8. The summed E-state index contributed by atoms with van der Waals surface area (Å²) in [6.45, 7) is 6.53. The van der Waals surface area contributed by atoms with Crippen molar-refractivity contribution in [3.05, 3.63) is 23.8 Å². The number of amides is 1. The van der Waals surface area contributed by atoms with Crippen LogP contribution < -0.4 is 0 Å². The van der Waals surface area contributed by atoms with E-state index in [1.54, 1.807) is 15.8 Å². The Balaban J connectivity index is 1.75. The van der Waals surface area contributed by atoms with Gasteiger partial charge in [0.05, 0.1) is 17.3 Å². The van der Waals surface area contributed by atoms with Gasteiger partial charge in [-0.2, -0.15) is 10.3 Å². The maximum atomic E-state index is 12.8. The quantitative estimate of drug-likeness (QED) is 0.653. The Hall–Kier alpha value is -2.58. The minimum atomic E-state index is -0.518. The van der Waals surface area contributed by atoms with Crippen molar-refractivity contribution in [2.24, 2.45) is 0 Å². The van der Waals surface area contributed by atoms with Gasteiger partial charge in [-0.3, -0.25) is 14.3 Å². The minimum Gasteiger partial charge on any atom is -0.332 e. The fourth-order valence-electron chi connectivity index (χ4n) is 3.02. The highest BCUT2D eigenvalue weighted by Crippen LogP contribution is 2.21. The second-order valence-electron chi connectivity index (χ2n) is 7.35. The molecule has 2 aromatic heterocycles. The van der Waals surface area contributed by atoms with Crippen LogP contribution in [0.3, 0.4) is 0 Å². The zero-order valence-corrected chi connectivity index (χ0v) is 14.8. The van der Waals surface area contributed by atoms with Gasteiger partial charge in [0.2, 0.25) is 0 Å². The number of carbonyl (C=O) groups excluding carboxylic acids is 2. The first-order valence-electron chi connectivity index (χ1n) is 8.49. The zero-order chi connectivity index (χ0) is 18.0. The van der Waals surface area contributed by atoms with Crippen molar-refractivity contribution < 1.29 is 9.59 Å². The van der Waals surface area contributed by atoms with Crippen molar-refractivity contribution in [2.75, 3.05) is 6.54 Å². The Morgan fingerprint density at radius 1 is 1.32 bits per heavy atom. The first-order chi connectivity index (χ1) is 11.9. The molecule has 0 radical (unpaired) electrons. The maximum Gasteiger partial charge on any atom is 0.295 e. The molecule has 1 amide bonds. The summed E-state index contributed by atoms with van der Waals surface area (Å²) in [6.07, 6.45) is 6.33. The molecule has 0 aromatic carbocycles. The lowest BCUT2D eigenvalue weighted by Crippen LogP contribution is -2.47. The van der Waals surface area contributed by atoms with Crippen LogP contribution in [0.1, 0.15) is 56.2 Å². The van der Waals surface area contributed by atoms with Crippen molar-refractivity contribution in [3.63, 3.8) is 0 Å². The molecule has 2 aromatic rings. The third-order valence-electron chi connectivity index (χ3n) is 4.42. The highest BCUT2D eigenvalue weighted by atomic mass is 16.2. The summed E-state index contributed by atoms with van der Waals surface area (Å²) in [6, 6.07) is -0.0829. The molecule has 1 unspecified atom stereocenters. The molecule has 1 fully saturated rings. The highest BCUT2D eigenvalue weighted by Gasteiger charge is 2.33. The van der Waals surface area contributed by atoms with Gasteiger partial charge in [-0.05, 0) is 40.0 Å². The summed E-state index contributed by atoms with van der Waals surface area (Å²) in [4.78, 5) is 27.1. The van der Waals surface area contributed by atoms with Crippen molar-refractivity contribution in [1.82, 2.24) is 35.3 Å². The van der Waals surface area contributed by atoms with Crippen LogP contribution >= 0.6 is 0 Å². The highest BCUT2D eigenvalue weighted by molar-refractivity contribution is 6.42. The first-order valence-corrected chi connectivity index (χ1v) is 8.49. The molecule has 1 atom stereocenters. The predicted octanol–water partition coefficient (Wildman–Crippen LogP) is 0.958. The number of H-pyrrole nitrogens is 1. The molecule has 1 saturated heterocycles. The number of aromatic nitrogens is 6. The van der Waals surface area contributed by atoms with Gasteiger partial charge in [0.25, 0.3) is 11.7 Å². The number of hydrogen-bond acceptors (Lipinski definition) is 6. The van der Waals surface area contributed by atoms with Crippen LogP contribution in [0.5, 0.6) is 0 Å². The number of tetrazole rings is 1. The normalized spacial score (nSPS) is 18.4. The molecule has 9 heteroatoms. The van der Waals surface area contributed by atoms with E-state index in [2.05, 4.69) is 25.7 Å². The van der Waals surface area contributed by atoms with Crippen LogP contribution in [0.4, 0.5) is 0 Å². The number of nitrogens with one attached hydrogen (secondary N) is 1. The van der Waals surface area contributed by atoms with E-state index in [9.17, 15) is 9.59 Å². The van der Waals surface area contributed by atoms with Crippen LogP contribution in [0.2, 0.25) is 0 Å². The van der Waals surface area contributed by atoms with Gasteiger partial charge < -0.3 is 4.90 Å². The number of aromatic amines is 1. The fraction of sp³-hybridized carbons (Fsp3) is 0.625. The van der Waals surface area contributed by atoms with Crippen LogP contribution in [-0.4, -0.2) is 59.6 Å². The monoisotopic (exact) mass is 345 g/mol. The Bertz CT molecular complexity index is 745. The van der Waals surface area contributed by atoms with Gasteiger partial charge in [0, 0.05) is 25.2 Å². The molecule has 9 nitrogen and oxygen atoms in total. The summed E-state index contributed by atoms with van der Waals surface area (Å²) in [5.41, 5.74) is 0.0808. The summed E-state index contributed by atoms with van der Waals surface area (Å²) < 4.78 is 1.69. The van der Waals surface area contributed by atoms with Gasteiger partial charge >= 0.3 is 0 Å². The number of piperidine rings is 1. The van der Waals surface area contributed by atoms with Crippen LogP contribution in [0.15, 0.2) is 12.4 Å². The molecular formula is C16H23N7O2. The molecule has 1 aliphatic rings. The lowest BCUT2D eigenvalue weighted by Gasteiger charge is -2.34. The molecule has 0 saturated carbocycles. The molecule has 1 N–H and O–H groups in total. The number of hydrogen-bond donors (Lipinski definition) is 1. The SMILES string of the molecule is CC(C)(C)n1cc(C(=O)C(=O)N2CCCCC2Cc2nn[nH]n2)cn1. The molecule has 3 rings (SSSR count). The number of nitrogens with zero attached hydrogens (tertiary/aromatic N) is 6. The van der Waals surface area contributed by atoms with Gasteiger partial charge in [-0.25, -0.2) is 0 Å². The molecule has 0 aliphatic carbocycles. The van der Waals surface area contributed by atoms with Crippen LogP contribution in [0, 0.1) is 0 Å². The molecular weight excluding hydrogens is 322 g/mol. The predicted molar refractivity (Wildman–Crippen MR) is 88.8 cm³/mol. The Kier molecular flexibility index (Phi) is 4.65. The summed E-state index contributed by atoms with van der Waals surface area (Å²) in [5, 5.41) is 18.1. The number of rotatable bonds is 4. The fourth-order valence-corrected chi connectivity index (χ4v) is 3.02. The van der Waals surface area contributed by atoms with Gasteiger partial charge in [-0.1, -0.05) is 5.21 Å². The van der Waals surface area contributed by atoms with E-state index in [1.165, 1.54) is 6.20 Å².